The number of nitrogens with zero attached hydrogens (tertiary/aromatic N) is 3. The number of rotatable bonds is 6. The minimum atomic E-state index is -0.793. The lowest BCUT2D eigenvalue weighted by molar-refractivity contribution is -0.136. The number of thioether (sulfide) groups is 1. The summed E-state index contributed by atoms with van der Waals surface area (Å²) >= 11 is 1.42. The number of hydrogen-bond acceptors (Lipinski definition) is 4. The normalized spacial score (nSPS) is 10.6. The average molecular weight is 277 g/mol. The monoisotopic (exact) mass is 277 g/mol. The maximum atomic E-state index is 10.5. The smallest absolute Gasteiger partial charge is 0.304 e. The van der Waals surface area contributed by atoms with Gasteiger partial charge in [-0.3, -0.25) is 4.79 Å². The summed E-state index contributed by atoms with van der Waals surface area (Å²) < 4.78 is 2.00. The summed E-state index contributed by atoms with van der Waals surface area (Å²) in [5, 5.41) is 17.6. The van der Waals surface area contributed by atoms with Crippen LogP contribution < -0.4 is 0 Å². The fourth-order valence-electron chi connectivity index (χ4n) is 1.65. The molecular formula is C13H15N3O2S. The molecule has 0 amide bonds. The van der Waals surface area contributed by atoms with Crippen molar-refractivity contribution in [1.29, 1.82) is 0 Å². The maximum Gasteiger partial charge on any atom is 0.304 e. The third kappa shape index (κ3) is 3.82. The van der Waals surface area contributed by atoms with Crippen molar-refractivity contribution < 1.29 is 9.90 Å². The van der Waals surface area contributed by atoms with Crippen molar-refractivity contribution in [2.24, 2.45) is 0 Å². The minimum absolute atomic E-state index is 0.127. The van der Waals surface area contributed by atoms with E-state index in [-0.39, 0.29) is 6.42 Å². The van der Waals surface area contributed by atoms with Crippen LogP contribution in [0.3, 0.4) is 0 Å². The van der Waals surface area contributed by atoms with Gasteiger partial charge in [0.2, 0.25) is 0 Å². The van der Waals surface area contributed by atoms with Crippen LogP contribution in [-0.2, 0) is 11.3 Å². The van der Waals surface area contributed by atoms with E-state index in [0.29, 0.717) is 12.3 Å². The number of hydrogen-bond donors (Lipinski definition) is 1. The van der Waals surface area contributed by atoms with Gasteiger partial charge in [-0.2, -0.15) is 0 Å². The SMILES string of the molecule is Cc1nnc(SCCC(=O)O)n1Cc1ccccc1. The first-order valence-electron chi connectivity index (χ1n) is 5.95. The molecular weight excluding hydrogens is 262 g/mol. The minimum Gasteiger partial charge on any atom is -0.481 e. The van der Waals surface area contributed by atoms with Crippen LogP contribution in [0.2, 0.25) is 0 Å². The summed E-state index contributed by atoms with van der Waals surface area (Å²) in [6, 6.07) is 10.1. The molecule has 0 atom stereocenters. The molecule has 0 saturated carbocycles. The molecule has 19 heavy (non-hydrogen) atoms. The van der Waals surface area contributed by atoms with E-state index in [9.17, 15) is 4.79 Å². The van der Waals surface area contributed by atoms with Gasteiger partial charge in [-0.25, -0.2) is 0 Å². The second kappa shape index (κ2) is 6.38. The van der Waals surface area contributed by atoms with Gasteiger partial charge in [0.05, 0.1) is 13.0 Å². The van der Waals surface area contributed by atoms with Crippen LogP contribution in [0.4, 0.5) is 0 Å². The molecule has 0 radical (unpaired) electrons. The van der Waals surface area contributed by atoms with Crippen molar-refractivity contribution in [2.75, 3.05) is 5.75 Å². The van der Waals surface area contributed by atoms with Crippen LogP contribution in [-0.4, -0.2) is 31.6 Å². The Balaban J connectivity index is 2.07. The Morgan fingerprint density at radius 3 is 2.74 bits per heavy atom. The molecule has 0 aliphatic rings. The lowest BCUT2D eigenvalue weighted by Gasteiger charge is -2.07. The predicted octanol–water partition coefficient (Wildman–Crippen LogP) is 2.20. The Morgan fingerprint density at radius 1 is 1.32 bits per heavy atom. The molecule has 6 heteroatoms. The van der Waals surface area contributed by atoms with Gasteiger partial charge in [-0.1, -0.05) is 42.1 Å². The molecule has 1 N–H and O–H groups in total. The molecule has 0 fully saturated rings. The first-order valence-corrected chi connectivity index (χ1v) is 6.93. The van der Waals surface area contributed by atoms with Gasteiger partial charge >= 0.3 is 5.97 Å². The molecule has 100 valence electrons. The molecule has 0 unspecified atom stereocenters. The van der Waals surface area contributed by atoms with Crippen LogP contribution in [0, 0.1) is 6.92 Å². The van der Waals surface area contributed by atoms with E-state index >= 15 is 0 Å². The zero-order chi connectivity index (χ0) is 13.7. The van der Waals surface area contributed by atoms with Crippen molar-refractivity contribution in [3.63, 3.8) is 0 Å². The highest BCUT2D eigenvalue weighted by Crippen LogP contribution is 2.19. The number of aromatic nitrogens is 3. The zero-order valence-electron chi connectivity index (χ0n) is 10.6. The number of aryl methyl sites for hydroxylation is 1. The third-order valence-corrected chi connectivity index (χ3v) is 3.60. The highest BCUT2D eigenvalue weighted by molar-refractivity contribution is 7.99. The lowest BCUT2D eigenvalue weighted by Crippen LogP contribution is -2.04. The van der Waals surface area contributed by atoms with E-state index in [1.54, 1.807) is 0 Å². The molecule has 0 aliphatic heterocycles. The number of carboxylic acids is 1. The number of benzene rings is 1. The van der Waals surface area contributed by atoms with Gasteiger partial charge in [0, 0.05) is 5.75 Å². The maximum absolute atomic E-state index is 10.5. The van der Waals surface area contributed by atoms with Gasteiger partial charge < -0.3 is 9.67 Å². The second-order valence-electron chi connectivity index (χ2n) is 4.09. The van der Waals surface area contributed by atoms with Gasteiger partial charge in [0.15, 0.2) is 5.16 Å². The zero-order valence-corrected chi connectivity index (χ0v) is 11.4. The molecule has 2 rings (SSSR count). The molecule has 0 saturated heterocycles. The van der Waals surface area contributed by atoms with Crippen molar-refractivity contribution in [3.05, 3.63) is 41.7 Å². The van der Waals surface area contributed by atoms with E-state index in [2.05, 4.69) is 10.2 Å². The fourth-order valence-corrected chi connectivity index (χ4v) is 2.56. The van der Waals surface area contributed by atoms with E-state index in [4.69, 9.17) is 5.11 Å². The highest BCUT2D eigenvalue weighted by atomic mass is 32.2. The van der Waals surface area contributed by atoms with Crippen molar-refractivity contribution in [2.45, 2.75) is 25.0 Å². The number of aliphatic carboxylic acids is 1. The first kappa shape index (κ1) is 13.6. The Morgan fingerprint density at radius 2 is 2.05 bits per heavy atom. The summed E-state index contributed by atoms with van der Waals surface area (Å²) in [5.41, 5.74) is 1.17. The standard InChI is InChI=1S/C13H15N3O2S/c1-10-14-15-13(19-8-7-12(17)18)16(10)9-11-5-3-2-4-6-11/h2-6H,7-9H2,1H3,(H,17,18). The molecule has 5 nitrogen and oxygen atoms in total. The summed E-state index contributed by atoms with van der Waals surface area (Å²) in [6.07, 6.45) is 0.127. The Bertz CT molecular complexity index is 554. The fraction of sp³-hybridized carbons (Fsp3) is 0.308. The second-order valence-corrected chi connectivity index (χ2v) is 5.16. The van der Waals surface area contributed by atoms with Gasteiger partial charge in [0.1, 0.15) is 5.82 Å². The predicted molar refractivity (Wildman–Crippen MR) is 73.3 cm³/mol. The molecule has 0 aliphatic carbocycles. The van der Waals surface area contributed by atoms with Crippen molar-refractivity contribution >= 4 is 17.7 Å². The molecule has 0 bridgehead atoms. The Kier molecular flexibility index (Phi) is 4.57. The van der Waals surface area contributed by atoms with Crippen LogP contribution in [0.1, 0.15) is 17.8 Å². The summed E-state index contributed by atoms with van der Waals surface area (Å²) in [5.74, 6) is 0.544. The van der Waals surface area contributed by atoms with Crippen molar-refractivity contribution in [1.82, 2.24) is 14.8 Å². The molecule has 1 aromatic carbocycles. The topological polar surface area (TPSA) is 68.0 Å². The Labute approximate surface area is 115 Å². The Hall–Kier alpha value is -1.82. The van der Waals surface area contributed by atoms with Crippen molar-refractivity contribution in [3.8, 4) is 0 Å². The largest absolute Gasteiger partial charge is 0.481 e. The van der Waals surface area contributed by atoms with E-state index in [1.165, 1.54) is 17.3 Å². The average Bonchev–Trinajstić information content (AvgIpc) is 2.72. The van der Waals surface area contributed by atoms with Gasteiger partial charge in [-0.15, -0.1) is 10.2 Å². The van der Waals surface area contributed by atoms with Crippen LogP contribution in [0.25, 0.3) is 0 Å². The van der Waals surface area contributed by atoms with Crippen LogP contribution in [0.5, 0.6) is 0 Å². The van der Waals surface area contributed by atoms with Crippen LogP contribution in [0.15, 0.2) is 35.5 Å². The summed E-state index contributed by atoms with van der Waals surface area (Å²) in [6.45, 7) is 2.60. The van der Waals surface area contributed by atoms with Crippen LogP contribution >= 0.6 is 11.8 Å². The molecule has 1 heterocycles. The van der Waals surface area contributed by atoms with Gasteiger partial charge in [-0.05, 0) is 12.5 Å². The van der Waals surface area contributed by atoms with Gasteiger partial charge in [0.25, 0.3) is 0 Å². The third-order valence-electron chi connectivity index (χ3n) is 2.63. The molecule has 2 aromatic rings. The number of carbonyl (C=O) groups is 1. The number of carboxylic acid groups (broad SMARTS) is 1. The highest BCUT2D eigenvalue weighted by Gasteiger charge is 2.10. The van der Waals surface area contributed by atoms with E-state index < -0.39 is 5.97 Å². The summed E-state index contributed by atoms with van der Waals surface area (Å²) in [7, 11) is 0. The van der Waals surface area contributed by atoms with E-state index in [0.717, 1.165) is 11.0 Å². The quantitative estimate of drug-likeness (QED) is 0.820. The summed E-state index contributed by atoms with van der Waals surface area (Å²) in [4.78, 5) is 10.5. The molecule has 0 spiro atoms. The molecule has 1 aromatic heterocycles. The van der Waals surface area contributed by atoms with E-state index in [1.807, 2.05) is 41.8 Å². The lowest BCUT2D eigenvalue weighted by atomic mass is 10.2. The first-order chi connectivity index (χ1) is 9.16.